The SMILES string of the molecule is CCCNC(=O)c1cc(OC)cc(OC)c1.O=CO. The van der Waals surface area contributed by atoms with Crippen molar-refractivity contribution >= 4 is 12.4 Å². The number of methoxy groups -OCH3 is 2. The van der Waals surface area contributed by atoms with Gasteiger partial charge in [-0.2, -0.15) is 0 Å². The predicted molar refractivity (Wildman–Crippen MR) is 70.9 cm³/mol. The van der Waals surface area contributed by atoms with Gasteiger partial charge in [0.25, 0.3) is 12.4 Å². The van der Waals surface area contributed by atoms with E-state index in [1.807, 2.05) is 6.92 Å². The number of rotatable bonds is 5. The van der Waals surface area contributed by atoms with Crippen LogP contribution in [0, 0.1) is 0 Å². The maximum absolute atomic E-state index is 11.7. The second-order valence-corrected chi connectivity index (χ2v) is 3.46. The third-order valence-corrected chi connectivity index (χ3v) is 2.15. The Morgan fingerprint density at radius 2 is 1.74 bits per heavy atom. The van der Waals surface area contributed by atoms with E-state index in [-0.39, 0.29) is 12.4 Å². The molecule has 0 saturated heterocycles. The fourth-order valence-corrected chi connectivity index (χ4v) is 1.28. The Morgan fingerprint density at radius 3 is 2.11 bits per heavy atom. The molecule has 0 unspecified atom stereocenters. The van der Waals surface area contributed by atoms with Crippen molar-refractivity contribution in [1.82, 2.24) is 5.32 Å². The second kappa shape index (κ2) is 9.76. The summed E-state index contributed by atoms with van der Waals surface area (Å²) in [7, 11) is 3.12. The van der Waals surface area contributed by atoms with Gasteiger partial charge < -0.3 is 19.9 Å². The summed E-state index contributed by atoms with van der Waals surface area (Å²) in [6.07, 6.45) is 0.910. The first kappa shape index (κ1) is 16.8. The van der Waals surface area contributed by atoms with Gasteiger partial charge in [-0.3, -0.25) is 9.59 Å². The van der Waals surface area contributed by atoms with Gasteiger partial charge in [-0.05, 0) is 18.6 Å². The number of carboxylic acid groups (broad SMARTS) is 1. The van der Waals surface area contributed by atoms with Crippen molar-refractivity contribution in [2.45, 2.75) is 13.3 Å². The molecule has 1 aromatic carbocycles. The average Bonchev–Trinajstić information content (AvgIpc) is 2.44. The predicted octanol–water partition coefficient (Wildman–Crippen LogP) is 1.54. The monoisotopic (exact) mass is 269 g/mol. The molecule has 0 heterocycles. The van der Waals surface area contributed by atoms with Crippen LogP contribution in [0.1, 0.15) is 23.7 Å². The van der Waals surface area contributed by atoms with Gasteiger partial charge in [-0.25, -0.2) is 0 Å². The first-order valence-corrected chi connectivity index (χ1v) is 5.72. The van der Waals surface area contributed by atoms with E-state index in [0.29, 0.717) is 23.6 Å². The van der Waals surface area contributed by atoms with Crippen LogP contribution < -0.4 is 14.8 Å². The van der Waals surface area contributed by atoms with E-state index in [1.165, 1.54) is 0 Å². The topological polar surface area (TPSA) is 84.9 Å². The minimum Gasteiger partial charge on any atom is -0.497 e. The van der Waals surface area contributed by atoms with Crippen LogP contribution in [-0.2, 0) is 4.79 Å². The number of carbonyl (C=O) groups is 2. The van der Waals surface area contributed by atoms with Crippen LogP contribution in [0.2, 0.25) is 0 Å². The first-order chi connectivity index (χ1) is 9.12. The van der Waals surface area contributed by atoms with Gasteiger partial charge in [0.15, 0.2) is 0 Å². The van der Waals surface area contributed by atoms with Gasteiger partial charge >= 0.3 is 0 Å². The molecule has 106 valence electrons. The highest BCUT2D eigenvalue weighted by Gasteiger charge is 2.08. The van der Waals surface area contributed by atoms with E-state index < -0.39 is 0 Å². The Hall–Kier alpha value is -2.24. The van der Waals surface area contributed by atoms with Crippen molar-refractivity contribution in [3.8, 4) is 11.5 Å². The van der Waals surface area contributed by atoms with E-state index in [0.717, 1.165) is 6.42 Å². The lowest BCUT2D eigenvalue weighted by atomic mass is 10.2. The highest BCUT2D eigenvalue weighted by Crippen LogP contribution is 2.22. The molecule has 6 nitrogen and oxygen atoms in total. The van der Waals surface area contributed by atoms with Crippen molar-refractivity contribution in [2.24, 2.45) is 0 Å². The Bertz CT molecular complexity index is 384. The molecule has 19 heavy (non-hydrogen) atoms. The maximum Gasteiger partial charge on any atom is 0.290 e. The summed E-state index contributed by atoms with van der Waals surface area (Å²) in [6, 6.07) is 5.11. The van der Waals surface area contributed by atoms with E-state index in [4.69, 9.17) is 19.4 Å². The largest absolute Gasteiger partial charge is 0.497 e. The molecule has 0 aliphatic heterocycles. The Labute approximate surface area is 112 Å². The Kier molecular flexibility index (Phi) is 8.61. The zero-order chi connectivity index (χ0) is 14.7. The molecule has 0 fully saturated rings. The van der Waals surface area contributed by atoms with E-state index in [1.54, 1.807) is 32.4 Å². The number of hydrogen-bond donors (Lipinski definition) is 2. The molecule has 1 aromatic rings. The van der Waals surface area contributed by atoms with Gasteiger partial charge in [0.05, 0.1) is 14.2 Å². The van der Waals surface area contributed by atoms with E-state index in [9.17, 15) is 4.79 Å². The molecule has 6 heteroatoms. The highest BCUT2D eigenvalue weighted by atomic mass is 16.5. The summed E-state index contributed by atoms with van der Waals surface area (Å²) in [5.41, 5.74) is 0.546. The molecule has 0 saturated carbocycles. The summed E-state index contributed by atoms with van der Waals surface area (Å²) in [5, 5.41) is 9.69. The first-order valence-electron chi connectivity index (χ1n) is 5.72. The lowest BCUT2D eigenvalue weighted by Gasteiger charge is -2.08. The average molecular weight is 269 g/mol. The number of carbonyl (C=O) groups excluding carboxylic acids is 1. The third-order valence-electron chi connectivity index (χ3n) is 2.15. The molecule has 0 radical (unpaired) electrons. The molecule has 0 aromatic heterocycles. The van der Waals surface area contributed by atoms with Crippen molar-refractivity contribution < 1.29 is 24.2 Å². The molecular weight excluding hydrogens is 250 g/mol. The van der Waals surface area contributed by atoms with Gasteiger partial charge in [-0.1, -0.05) is 6.92 Å². The van der Waals surface area contributed by atoms with Crippen molar-refractivity contribution in [3.05, 3.63) is 23.8 Å². The normalized spacial score (nSPS) is 8.79. The third kappa shape index (κ3) is 6.30. The summed E-state index contributed by atoms with van der Waals surface area (Å²) in [6.45, 7) is 2.42. The highest BCUT2D eigenvalue weighted by molar-refractivity contribution is 5.95. The molecule has 0 spiro atoms. The molecule has 0 bridgehead atoms. The molecule has 0 aliphatic rings. The molecule has 0 aliphatic carbocycles. The van der Waals surface area contributed by atoms with Gasteiger partial charge in [0, 0.05) is 18.2 Å². The number of nitrogens with one attached hydrogen (secondary N) is 1. The van der Waals surface area contributed by atoms with E-state index in [2.05, 4.69) is 5.32 Å². The van der Waals surface area contributed by atoms with Crippen LogP contribution in [-0.4, -0.2) is 38.3 Å². The summed E-state index contributed by atoms with van der Waals surface area (Å²) in [4.78, 5) is 20.1. The van der Waals surface area contributed by atoms with E-state index >= 15 is 0 Å². The van der Waals surface area contributed by atoms with Crippen LogP contribution in [0.15, 0.2) is 18.2 Å². The van der Waals surface area contributed by atoms with Crippen molar-refractivity contribution in [2.75, 3.05) is 20.8 Å². The maximum atomic E-state index is 11.7. The summed E-state index contributed by atoms with van der Waals surface area (Å²) >= 11 is 0. The van der Waals surface area contributed by atoms with Crippen molar-refractivity contribution in [1.29, 1.82) is 0 Å². The minimum absolute atomic E-state index is 0.112. The Balaban J connectivity index is 0.000000982. The Morgan fingerprint density at radius 1 is 1.26 bits per heavy atom. The fraction of sp³-hybridized carbons (Fsp3) is 0.385. The lowest BCUT2D eigenvalue weighted by molar-refractivity contribution is -0.122. The van der Waals surface area contributed by atoms with Gasteiger partial charge in [0.1, 0.15) is 11.5 Å². The van der Waals surface area contributed by atoms with Crippen LogP contribution in [0.25, 0.3) is 0 Å². The molecule has 2 N–H and O–H groups in total. The zero-order valence-electron chi connectivity index (χ0n) is 11.3. The second-order valence-electron chi connectivity index (χ2n) is 3.46. The van der Waals surface area contributed by atoms with Crippen LogP contribution in [0.3, 0.4) is 0 Å². The smallest absolute Gasteiger partial charge is 0.290 e. The number of hydrogen-bond acceptors (Lipinski definition) is 4. The van der Waals surface area contributed by atoms with Crippen molar-refractivity contribution in [3.63, 3.8) is 0 Å². The van der Waals surface area contributed by atoms with Crippen LogP contribution in [0.4, 0.5) is 0 Å². The molecular formula is C13H19NO5. The molecule has 0 atom stereocenters. The quantitative estimate of drug-likeness (QED) is 0.792. The molecule has 1 rings (SSSR count). The molecule has 1 amide bonds. The summed E-state index contributed by atoms with van der Waals surface area (Å²) < 4.78 is 10.2. The van der Waals surface area contributed by atoms with Crippen LogP contribution in [0.5, 0.6) is 11.5 Å². The minimum atomic E-state index is -0.250. The van der Waals surface area contributed by atoms with Gasteiger partial charge in [0.2, 0.25) is 0 Å². The lowest BCUT2D eigenvalue weighted by Crippen LogP contribution is -2.23. The number of ether oxygens (including phenoxy) is 2. The van der Waals surface area contributed by atoms with Crippen LogP contribution >= 0.6 is 0 Å². The number of amides is 1. The zero-order valence-corrected chi connectivity index (χ0v) is 11.3. The van der Waals surface area contributed by atoms with Gasteiger partial charge in [-0.15, -0.1) is 0 Å². The summed E-state index contributed by atoms with van der Waals surface area (Å²) in [5.74, 6) is 1.11. The standard InChI is InChI=1S/C12H17NO3.CH2O2/c1-4-5-13-12(14)9-6-10(15-2)8-11(7-9)16-3;2-1-3/h6-8H,4-5H2,1-3H3,(H,13,14);1H,(H,2,3). The number of benzene rings is 1. The fourth-order valence-electron chi connectivity index (χ4n) is 1.28.